The average molecular weight is 395 g/mol. The summed E-state index contributed by atoms with van der Waals surface area (Å²) in [5, 5.41) is 6.70. The highest BCUT2D eigenvalue weighted by Crippen LogP contribution is 2.44. The van der Waals surface area contributed by atoms with Crippen molar-refractivity contribution in [3.63, 3.8) is 0 Å². The van der Waals surface area contributed by atoms with Crippen LogP contribution in [0.5, 0.6) is 11.5 Å². The van der Waals surface area contributed by atoms with E-state index in [1.165, 1.54) is 0 Å². The minimum absolute atomic E-state index is 0.0342. The first-order chi connectivity index (χ1) is 13.7. The molecule has 7 heteroatoms. The maximum atomic E-state index is 12.2. The maximum absolute atomic E-state index is 12.2. The first kappa shape index (κ1) is 18.3. The van der Waals surface area contributed by atoms with Crippen LogP contribution >= 0.6 is 11.3 Å². The van der Waals surface area contributed by atoms with Crippen LogP contribution in [-0.2, 0) is 11.4 Å². The lowest BCUT2D eigenvalue weighted by Gasteiger charge is -2.22. The average Bonchev–Trinajstić information content (AvgIpc) is 3.15. The number of aromatic nitrogens is 1. The van der Waals surface area contributed by atoms with Crippen molar-refractivity contribution in [1.82, 2.24) is 4.98 Å². The fourth-order valence-corrected chi connectivity index (χ4v) is 4.26. The molecule has 0 fully saturated rings. The number of carbonyl (C=O) groups excluding carboxylic acids is 1. The highest BCUT2D eigenvalue weighted by molar-refractivity contribution is 7.16. The molecule has 0 aliphatic carbocycles. The molecule has 0 saturated heterocycles. The molecule has 4 rings (SSSR count). The molecule has 2 aromatic carbocycles. The van der Waals surface area contributed by atoms with Gasteiger partial charge in [-0.05, 0) is 23.3 Å². The summed E-state index contributed by atoms with van der Waals surface area (Å²) >= 11 is 1.56. The highest BCUT2D eigenvalue weighted by Gasteiger charge is 2.30. The molecule has 0 bridgehead atoms. The van der Waals surface area contributed by atoms with Gasteiger partial charge in [0, 0.05) is 19.4 Å². The summed E-state index contributed by atoms with van der Waals surface area (Å²) < 4.78 is 11.5. The van der Waals surface area contributed by atoms with Gasteiger partial charge < -0.3 is 20.1 Å². The molecule has 2 heterocycles. The van der Waals surface area contributed by atoms with Crippen LogP contribution in [0.15, 0.2) is 48.5 Å². The molecule has 3 aromatic rings. The van der Waals surface area contributed by atoms with E-state index in [-0.39, 0.29) is 11.8 Å². The monoisotopic (exact) mass is 395 g/mol. The zero-order chi connectivity index (χ0) is 19.5. The lowest BCUT2D eigenvalue weighted by Crippen LogP contribution is -2.22. The van der Waals surface area contributed by atoms with E-state index in [2.05, 4.69) is 15.6 Å². The van der Waals surface area contributed by atoms with Crippen molar-refractivity contribution >= 4 is 28.2 Å². The molecule has 6 nitrogen and oxygen atoms in total. The summed E-state index contributed by atoms with van der Waals surface area (Å²) in [4.78, 5) is 17.7. The number of methoxy groups -OCH3 is 1. The second-order valence-electron chi connectivity index (χ2n) is 6.47. The topological polar surface area (TPSA) is 72.5 Å². The van der Waals surface area contributed by atoms with Crippen molar-refractivity contribution in [2.24, 2.45) is 0 Å². The second-order valence-corrected chi connectivity index (χ2v) is 7.50. The van der Waals surface area contributed by atoms with E-state index in [1.807, 2.05) is 55.6 Å². The summed E-state index contributed by atoms with van der Waals surface area (Å²) in [5.74, 6) is 1.87. The van der Waals surface area contributed by atoms with Gasteiger partial charge in [-0.25, -0.2) is 4.98 Å². The summed E-state index contributed by atoms with van der Waals surface area (Å²) in [6.07, 6.45) is 0.378. The number of benzene rings is 2. The molecule has 1 atom stereocenters. The number of nitrogens with zero attached hydrogens (tertiary/aromatic N) is 1. The van der Waals surface area contributed by atoms with Gasteiger partial charge in [0.15, 0.2) is 16.6 Å². The molecule has 28 heavy (non-hydrogen) atoms. The van der Waals surface area contributed by atoms with Gasteiger partial charge in [-0.2, -0.15) is 0 Å². The van der Waals surface area contributed by atoms with E-state index in [0.717, 1.165) is 21.1 Å². The van der Waals surface area contributed by atoms with E-state index < -0.39 is 0 Å². The first-order valence-corrected chi connectivity index (χ1v) is 9.82. The molecule has 0 spiro atoms. The number of thiazole rings is 1. The number of amides is 1. The molecule has 0 saturated carbocycles. The van der Waals surface area contributed by atoms with Gasteiger partial charge >= 0.3 is 0 Å². The zero-order valence-corrected chi connectivity index (χ0v) is 16.5. The van der Waals surface area contributed by atoms with Gasteiger partial charge in [-0.1, -0.05) is 47.7 Å². The lowest BCUT2D eigenvalue weighted by molar-refractivity contribution is -0.116. The Bertz CT molecular complexity index is 988. The standard InChI is InChI=1S/C21H21N3O3S/c1-22-21-24-20-19(28-21)15(11-18(25)23-20)14-8-9-16(26-2)17(10-14)27-12-13-6-4-3-5-7-13/h3-10,15H,11-12H2,1-2H3,(H,22,24)(H,23,25)/t15-/m0/s1. The van der Waals surface area contributed by atoms with Crippen LogP contribution in [0.2, 0.25) is 0 Å². The van der Waals surface area contributed by atoms with Crippen molar-refractivity contribution in [3.05, 3.63) is 64.5 Å². The molecule has 0 radical (unpaired) electrons. The van der Waals surface area contributed by atoms with E-state index in [9.17, 15) is 4.79 Å². The van der Waals surface area contributed by atoms with E-state index in [1.54, 1.807) is 18.4 Å². The number of fused-ring (bicyclic) bond motifs is 1. The number of rotatable bonds is 6. The van der Waals surface area contributed by atoms with Gasteiger partial charge in [0.05, 0.1) is 12.0 Å². The number of hydrogen-bond donors (Lipinski definition) is 2. The van der Waals surface area contributed by atoms with Crippen LogP contribution in [-0.4, -0.2) is 25.0 Å². The van der Waals surface area contributed by atoms with Crippen LogP contribution < -0.4 is 20.1 Å². The highest BCUT2D eigenvalue weighted by atomic mass is 32.1. The van der Waals surface area contributed by atoms with Crippen molar-refractivity contribution in [1.29, 1.82) is 0 Å². The summed E-state index contributed by atoms with van der Waals surface area (Å²) in [5.41, 5.74) is 2.08. The third kappa shape index (κ3) is 3.66. The number of carbonyl (C=O) groups is 1. The van der Waals surface area contributed by atoms with E-state index in [0.29, 0.717) is 30.3 Å². The Labute approximate surface area is 167 Å². The predicted octanol–water partition coefficient (Wildman–Crippen LogP) is 4.25. The summed E-state index contributed by atoms with van der Waals surface area (Å²) in [7, 11) is 3.45. The number of hydrogen-bond acceptors (Lipinski definition) is 6. The number of anilines is 2. The molecule has 1 aliphatic heterocycles. The molecular weight excluding hydrogens is 374 g/mol. The van der Waals surface area contributed by atoms with E-state index in [4.69, 9.17) is 9.47 Å². The van der Waals surface area contributed by atoms with Crippen LogP contribution in [0, 0.1) is 0 Å². The minimum atomic E-state index is -0.0617. The molecule has 2 N–H and O–H groups in total. The zero-order valence-electron chi connectivity index (χ0n) is 15.7. The molecular formula is C21H21N3O3S. The molecule has 1 aliphatic rings. The Morgan fingerprint density at radius 1 is 1.21 bits per heavy atom. The molecule has 1 amide bonds. The Morgan fingerprint density at radius 2 is 2.04 bits per heavy atom. The fraction of sp³-hybridized carbons (Fsp3) is 0.238. The number of nitrogens with one attached hydrogen (secondary N) is 2. The fourth-order valence-electron chi connectivity index (χ4n) is 3.25. The normalized spacial score (nSPS) is 15.5. The van der Waals surface area contributed by atoms with E-state index >= 15 is 0 Å². The van der Waals surface area contributed by atoms with Crippen molar-refractivity contribution in [3.8, 4) is 11.5 Å². The third-order valence-electron chi connectivity index (χ3n) is 4.66. The second kappa shape index (κ2) is 7.90. The van der Waals surface area contributed by atoms with Gasteiger partial charge in [0.1, 0.15) is 12.4 Å². The van der Waals surface area contributed by atoms with Crippen molar-refractivity contribution < 1.29 is 14.3 Å². The Morgan fingerprint density at radius 3 is 2.79 bits per heavy atom. The van der Waals surface area contributed by atoms with Gasteiger partial charge in [-0.15, -0.1) is 0 Å². The Balaban J connectivity index is 1.65. The third-order valence-corrected chi connectivity index (χ3v) is 5.84. The van der Waals surface area contributed by atoms with Gasteiger partial charge in [-0.3, -0.25) is 4.79 Å². The van der Waals surface area contributed by atoms with Gasteiger partial charge in [0.25, 0.3) is 0 Å². The largest absolute Gasteiger partial charge is 0.493 e. The molecule has 1 aromatic heterocycles. The molecule has 0 unspecified atom stereocenters. The summed E-state index contributed by atoms with van der Waals surface area (Å²) in [6.45, 7) is 0.446. The van der Waals surface area contributed by atoms with Crippen LogP contribution in [0.4, 0.5) is 10.9 Å². The van der Waals surface area contributed by atoms with Crippen LogP contribution in [0.25, 0.3) is 0 Å². The van der Waals surface area contributed by atoms with Crippen LogP contribution in [0.3, 0.4) is 0 Å². The van der Waals surface area contributed by atoms with Gasteiger partial charge in [0.2, 0.25) is 5.91 Å². The maximum Gasteiger partial charge on any atom is 0.226 e. The predicted molar refractivity (Wildman–Crippen MR) is 111 cm³/mol. The number of ether oxygens (including phenoxy) is 2. The first-order valence-electron chi connectivity index (χ1n) is 9.01. The van der Waals surface area contributed by atoms with Crippen molar-refractivity contribution in [2.45, 2.75) is 18.9 Å². The van der Waals surface area contributed by atoms with Crippen molar-refractivity contribution in [2.75, 3.05) is 24.8 Å². The SMILES string of the molecule is CNc1nc2c(s1)[C@H](c1ccc(OC)c(OCc3ccccc3)c1)CC(=O)N2. The quantitative estimate of drug-likeness (QED) is 0.653. The minimum Gasteiger partial charge on any atom is -0.493 e. The molecule has 144 valence electrons. The van der Waals surface area contributed by atoms with Crippen LogP contribution in [0.1, 0.15) is 28.3 Å². The Kier molecular flexibility index (Phi) is 5.16. The lowest BCUT2D eigenvalue weighted by atomic mass is 9.91. The smallest absolute Gasteiger partial charge is 0.226 e. The Hall–Kier alpha value is -3.06. The summed E-state index contributed by atoms with van der Waals surface area (Å²) in [6, 6.07) is 15.8.